The van der Waals surface area contributed by atoms with Crippen molar-refractivity contribution in [3.05, 3.63) is 65.7 Å². The van der Waals surface area contributed by atoms with Gasteiger partial charge in [0, 0.05) is 6.42 Å². The van der Waals surface area contributed by atoms with Crippen LogP contribution in [-0.2, 0) is 13.0 Å². The molecule has 0 saturated heterocycles. The Bertz CT molecular complexity index is 506. The summed E-state index contributed by atoms with van der Waals surface area (Å²) in [6, 6.07) is 18.3. The van der Waals surface area contributed by atoms with Crippen LogP contribution < -0.4 is 4.74 Å². The van der Waals surface area contributed by atoms with Gasteiger partial charge in [-0.1, -0.05) is 42.5 Å². The third-order valence-electron chi connectivity index (χ3n) is 2.73. The minimum absolute atomic E-state index is 0.602. The molecule has 0 unspecified atom stereocenters. The average molecular weight is 236 g/mol. The highest BCUT2D eigenvalue weighted by molar-refractivity contribution is 5.28. The molecular formula is C17H16O. The Morgan fingerprint density at radius 3 is 2.28 bits per heavy atom. The number of terminal acetylenes is 1. The Labute approximate surface area is 108 Å². The molecule has 0 aromatic heterocycles. The minimum Gasteiger partial charge on any atom is -0.489 e. The Hall–Kier alpha value is -2.20. The molecule has 2 aromatic rings. The Kier molecular flexibility index (Phi) is 4.44. The van der Waals surface area contributed by atoms with Gasteiger partial charge in [0.05, 0.1) is 0 Å². The van der Waals surface area contributed by atoms with Crippen LogP contribution in [0, 0.1) is 12.3 Å². The molecule has 0 aliphatic carbocycles. The molecule has 0 aliphatic rings. The van der Waals surface area contributed by atoms with Gasteiger partial charge in [-0.3, -0.25) is 0 Å². The lowest BCUT2D eigenvalue weighted by molar-refractivity contribution is 0.306. The largest absolute Gasteiger partial charge is 0.489 e. The van der Waals surface area contributed by atoms with Crippen molar-refractivity contribution in [3.63, 3.8) is 0 Å². The molecule has 0 spiro atoms. The Morgan fingerprint density at radius 2 is 1.61 bits per heavy atom. The van der Waals surface area contributed by atoms with E-state index in [9.17, 15) is 0 Å². The third kappa shape index (κ3) is 3.68. The molecule has 90 valence electrons. The first-order valence-corrected chi connectivity index (χ1v) is 6.07. The number of aryl methyl sites for hydroxylation is 1. The van der Waals surface area contributed by atoms with Gasteiger partial charge in [0.25, 0.3) is 0 Å². The van der Waals surface area contributed by atoms with E-state index < -0.39 is 0 Å². The van der Waals surface area contributed by atoms with Gasteiger partial charge < -0.3 is 4.74 Å². The molecule has 1 heteroatoms. The number of benzene rings is 2. The summed E-state index contributed by atoms with van der Waals surface area (Å²) in [7, 11) is 0. The van der Waals surface area contributed by atoms with Crippen molar-refractivity contribution in [1.29, 1.82) is 0 Å². The molecule has 0 radical (unpaired) electrons. The second-order valence-corrected chi connectivity index (χ2v) is 4.12. The quantitative estimate of drug-likeness (QED) is 0.717. The molecule has 2 rings (SSSR count). The highest BCUT2D eigenvalue weighted by Gasteiger charge is 1.96. The summed E-state index contributed by atoms with van der Waals surface area (Å²) >= 11 is 0. The Morgan fingerprint density at radius 1 is 0.889 bits per heavy atom. The smallest absolute Gasteiger partial charge is 0.119 e. The van der Waals surface area contributed by atoms with E-state index in [1.54, 1.807) is 0 Å². The van der Waals surface area contributed by atoms with Gasteiger partial charge >= 0.3 is 0 Å². The molecule has 2 aromatic carbocycles. The van der Waals surface area contributed by atoms with Crippen LogP contribution in [-0.4, -0.2) is 0 Å². The average Bonchev–Trinajstić information content (AvgIpc) is 2.45. The zero-order valence-electron chi connectivity index (χ0n) is 10.3. The first-order chi connectivity index (χ1) is 8.88. The molecule has 0 amide bonds. The lowest BCUT2D eigenvalue weighted by Crippen LogP contribution is -1.95. The predicted molar refractivity (Wildman–Crippen MR) is 74.4 cm³/mol. The second-order valence-electron chi connectivity index (χ2n) is 4.12. The summed E-state index contributed by atoms with van der Waals surface area (Å²) in [6.45, 7) is 0.602. The monoisotopic (exact) mass is 236 g/mol. The van der Waals surface area contributed by atoms with Crippen molar-refractivity contribution in [2.75, 3.05) is 0 Å². The summed E-state index contributed by atoms with van der Waals surface area (Å²) in [5, 5.41) is 0. The molecule has 0 atom stereocenters. The summed E-state index contributed by atoms with van der Waals surface area (Å²) in [5.74, 6) is 3.54. The normalized spacial score (nSPS) is 9.72. The van der Waals surface area contributed by atoms with Crippen molar-refractivity contribution in [3.8, 4) is 18.1 Å². The highest BCUT2D eigenvalue weighted by atomic mass is 16.5. The van der Waals surface area contributed by atoms with E-state index in [2.05, 4.69) is 30.2 Å². The SMILES string of the molecule is C#CCCc1ccc(OCc2ccccc2)cc1. The summed E-state index contributed by atoms with van der Waals surface area (Å²) in [5.41, 5.74) is 2.42. The standard InChI is InChI=1S/C17H16O/c1-2-3-7-15-10-12-17(13-11-15)18-14-16-8-5-4-6-9-16/h1,4-6,8-13H,3,7,14H2. The van der Waals surface area contributed by atoms with Crippen LogP contribution in [0.15, 0.2) is 54.6 Å². The van der Waals surface area contributed by atoms with Gasteiger partial charge in [-0.05, 0) is 29.7 Å². The van der Waals surface area contributed by atoms with E-state index in [0.29, 0.717) is 6.61 Å². The first-order valence-electron chi connectivity index (χ1n) is 6.07. The molecular weight excluding hydrogens is 220 g/mol. The third-order valence-corrected chi connectivity index (χ3v) is 2.73. The van der Waals surface area contributed by atoms with Crippen molar-refractivity contribution in [1.82, 2.24) is 0 Å². The van der Waals surface area contributed by atoms with E-state index in [4.69, 9.17) is 11.2 Å². The van der Waals surface area contributed by atoms with Crippen LogP contribution in [0.25, 0.3) is 0 Å². The van der Waals surface area contributed by atoms with E-state index in [0.717, 1.165) is 18.6 Å². The van der Waals surface area contributed by atoms with Gasteiger partial charge in [-0.15, -0.1) is 12.3 Å². The molecule has 0 saturated carbocycles. The number of hydrogen-bond donors (Lipinski definition) is 0. The van der Waals surface area contributed by atoms with Crippen molar-refractivity contribution in [2.24, 2.45) is 0 Å². The Balaban J connectivity index is 1.89. The van der Waals surface area contributed by atoms with E-state index in [1.165, 1.54) is 11.1 Å². The summed E-state index contributed by atoms with van der Waals surface area (Å²) in [4.78, 5) is 0. The van der Waals surface area contributed by atoms with Crippen molar-refractivity contribution in [2.45, 2.75) is 19.4 Å². The fourth-order valence-corrected chi connectivity index (χ4v) is 1.71. The van der Waals surface area contributed by atoms with E-state index in [-0.39, 0.29) is 0 Å². The second kappa shape index (κ2) is 6.51. The molecule has 1 nitrogen and oxygen atoms in total. The number of rotatable bonds is 5. The van der Waals surface area contributed by atoms with Crippen LogP contribution in [0.1, 0.15) is 17.5 Å². The van der Waals surface area contributed by atoms with E-state index in [1.807, 2.05) is 30.3 Å². The molecule has 0 heterocycles. The van der Waals surface area contributed by atoms with Crippen molar-refractivity contribution >= 4 is 0 Å². The van der Waals surface area contributed by atoms with Crippen molar-refractivity contribution < 1.29 is 4.74 Å². The van der Waals surface area contributed by atoms with Gasteiger partial charge in [-0.25, -0.2) is 0 Å². The fourth-order valence-electron chi connectivity index (χ4n) is 1.71. The number of ether oxygens (including phenoxy) is 1. The van der Waals surface area contributed by atoms with Crippen LogP contribution in [0.4, 0.5) is 0 Å². The maximum Gasteiger partial charge on any atom is 0.119 e. The predicted octanol–water partition coefficient (Wildman–Crippen LogP) is 3.83. The zero-order chi connectivity index (χ0) is 12.6. The molecule has 0 aliphatic heterocycles. The maximum absolute atomic E-state index is 5.71. The first kappa shape index (κ1) is 12.3. The lowest BCUT2D eigenvalue weighted by atomic mass is 10.1. The van der Waals surface area contributed by atoms with Gasteiger partial charge in [0.1, 0.15) is 12.4 Å². The van der Waals surface area contributed by atoms with Gasteiger partial charge in [0.15, 0.2) is 0 Å². The minimum atomic E-state index is 0.602. The topological polar surface area (TPSA) is 9.23 Å². The van der Waals surface area contributed by atoms with Crippen LogP contribution in [0.2, 0.25) is 0 Å². The number of hydrogen-bond acceptors (Lipinski definition) is 1. The highest BCUT2D eigenvalue weighted by Crippen LogP contribution is 2.15. The lowest BCUT2D eigenvalue weighted by Gasteiger charge is -2.07. The van der Waals surface area contributed by atoms with E-state index >= 15 is 0 Å². The van der Waals surface area contributed by atoms with Gasteiger partial charge in [0.2, 0.25) is 0 Å². The molecule has 0 bridgehead atoms. The van der Waals surface area contributed by atoms with Crippen LogP contribution in [0.3, 0.4) is 0 Å². The fraction of sp³-hybridized carbons (Fsp3) is 0.176. The van der Waals surface area contributed by atoms with Crippen LogP contribution in [0.5, 0.6) is 5.75 Å². The zero-order valence-corrected chi connectivity index (χ0v) is 10.3. The summed E-state index contributed by atoms with van der Waals surface area (Å²) in [6.07, 6.45) is 6.95. The van der Waals surface area contributed by atoms with Gasteiger partial charge in [-0.2, -0.15) is 0 Å². The molecule has 0 fully saturated rings. The summed E-state index contributed by atoms with van der Waals surface area (Å²) < 4.78 is 5.71. The van der Waals surface area contributed by atoms with Crippen LogP contribution >= 0.6 is 0 Å². The molecule has 18 heavy (non-hydrogen) atoms. The molecule has 0 N–H and O–H groups in total. The maximum atomic E-state index is 5.71.